The Bertz CT molecular complexity index is 675. The number of carbonyl (C=O) groups excluding carboxylic acids is 1. The predicted octanol–water partition coefficient (Wildman–Crippen LogP) is 4.88. The number of carbonyl (C=O) groups is 1. The number of halogens is 2. The first-order chi connectivity index (χ1) is 13.1. The molecule has 2 unspecified atom stereocenters. The van der Waals surface area contributed by atoms with Gasteiger partial charge in [0.2, 0.25) is 5.91 Å². The van der Waals surface area contributed by atoms with E-state index in [-0.39, 0.29) is 17.4 Å². The number of hydrogen-bond acceptors (Lipinski definition) is 3. The summed E-state index contributed by atoms with van der Waals surface area (Å²) in [4.78, 5) is 14.7. The van der Waals surface area contributed by atoms with Gasteiger partial charge < -0.3 is 14.4 Å². The van der Waals surface area contributed by atoms with Gasteiger partial charge in [0.05, 0.1) is 6.61 Å². The molecule has 3 rings (SSSR count). The van der Waals surface area contributed by atoms with Crippen LogP contribution in [-0.4, -0.2) is 36.6 Å². The maximum Gasteiger partial charge on any atom is 0.387 e. The molecule has 6 heteroatoms. The number of nitrogens with zero attached hydrogens (tertiary/aromatic N) is 1. The Morgan fingerprint density at radius 2 is 2.00 bits per heavy atom. The second-order valence-electron chi connectivity index (χ2n) is 7.14. The molecule has 1 aromatic carbocycles. The van der Waals surface area contributed by atoms with Gasteiger partial charge in [-0.25, -0.2) is 0 Å². The molecule has 0 radical (unpaired) electrons. The number of likely N-dealkylation sites (tertiary alicyclic amines) is 1. The quantitative estimate of drug-likeness (QED) is 0.661. The van der Waals surface area contributed by atoms with Gasteiger partial charge in [-0.1, -0.05) is 18.9 Å². The minimum Gasteiger partial charge on any atom is -0.490 e. The highest BCUT2D eigenvalue weighted by Crippen LogP contribution is 2.35. The zero-order valence-electron chi connectivity index (χ0n) is 15.7. The fraction of sp³-hybridized carbons (Fsp3) is 0.571. The van der Waals surface area contributed by atoms with Crippen molar-refractivity contribution in [2.45, 2.75) is 58.1 Å². The van der Waals surface area contributed by atoms with Crippen molar-refractivity contribution in [3.05, 3.63) is 29.8 Å². The van der Waals surface area contributed by atoms with Crippen molar-refractivity contribution >= 4 is 12.0 Å². The largest absolute Gasteiger partial charge is 0.490 e. The summed E-state index contributed by atoms with van der Waals surface area (Å²) in [6.45, 7) is 0.0163. The Kier molecular flexibility index (Phi) is 6.69. The maximum absolute atomic E-state index is 12.7. The lowest BCUT2D eigenvalue weighted by atomic mass is 9.78. The Labute approximate surface area is 159 Å². The molecule has 0 N–H and O–H groups in total. The van der Waals surface area contributed by atoms with Crippen molar-refractivity contribution in [3.63, 3.8) is 0 Å². The van der Waals surface area contributed by atoms with Crippen molar-refractivity contribution in [3.8, 4) is 11.5 Å². The molecular formula is C21H27F2NO3. The lowest BCUT2D eigenvalue weighted by Gasteiger charge is -2.43. The molecule has 0 spiro atoms. The molecule has 1 heterocycles. The molecule has 148 valence electrons. The Morgan fingerprint density at radius 3 is 2.78 bits per heavy atom. The van der Waals surface area contributed by atoms with Crippen molar-refractivity contribution < 1.29 is 23.0 Å². The van der Waals surface area contributed by atoms with Crippen LogP contribution in [0.4, 0.5) is 8.78 Å². The van der Waals surface area contributed by atoms with E-state index in [1.54, 1.807) is 31.2 Å². The van der Waals surface area contributed by atoms with Gasteiger partial charge in [0.25, 0.3) is 0 Å². The highest BCUT2D eigenvalue weighted by Gasteiger charge is 2.34. The van der Waals surface area contributed by atoms with Crippen LogP contribution in [0.1, 0.15) is 51.0 Å². The second-order valence-corrected chi connectivity index (χ2v) is 7.14. The average molecular weight is 379 g/mol. The summed E-state index contributed by atoms with van der Waals surface area (Å²) in [6, 6.07) is 5.07. The zero-order valence-corrected chi connectivity index (χ0v) is 15.7. The van der Waals surface area contributed by atoms with E-state index in [0.717, 1.165) is 19.4 Å². The smallest absolute Gasteiger partial charge is 0.387 e. The van der Waals surface area contributed by atoms with Crippen LogP contribution in [0.5, 0.6) is 11.5 Å². The molecule has 1 aromatic rings. The second kappa shape index (κ2) is 9.20. The average Bonchev–Trinajstić information content (AvgIpc) is 2.67. The van der Waals surface area contributed by atoms with Gasteiger partial charge >= 0.3 is 6.61 Å². The number of hydrogen-bond donors (Lipinski definition) is 0. The Hall–Kier alpha value is -2.11. The summed E-state index contributed by atoms with van der Waals surface area (Å²) in [5, 5.41) is 0. The fourth-order valence-corrected chi connectivity index (χ4v) is 4.25. The van der Waals surface area contributed by atoms with E-state index in [9.17, 15) is 13.6 Å². The molecule has 27 heavy (non-hydrogen) atoms. The van der Waals surface area contributed by atoms with Crippen LogP contribution in [0.15, 0.2) is 24.3 Å². The van der Waals surface area contributed by atoms with Crippen molar-refractivity contribution in [1.82, 2.24) is 4.90 Å². The number of alkyl halides is 2. The SMILES string of the molecule is CCOc1cc(/C=C/C(=O)N2CCCC3CCCCC32)ccc1OC(F)F. The molecule has 2 fully saturated rings. The fourth-order valence-electron chi connectivity index (χ4n) is 4.25. The first-order valence-electron chi connectivity index (χ1n) is 9.79. The summed E-state index contributed by atoms with van der Waals surface area (Å²) < 4.78 is 34.9. The summed E-state index contributed by atoms with van der Waals surface area (Å²) in [5.74, 6) is 0.909. The number of ether oxygens (including phenoxy) is 2. The van der Waals surface area contributed by atoms with E-state index in [1.165, 1.54) is 31.7 Å². The first-order valence-corrected chi connectivity index (χ1v) is 9.79. The van der Waals surface area contributed by atoms with E-state index in [1.807, 2.05) is 4.90 Å². The van der Waals surface area contributed by atoms with Crippen LogP contribution in [0, 0.1) is 5.92 Å². The minimum atomic E-state index is -2.91. The molecule has 2 aliphatic rings. The molecule has 0 bridgehead atoms. The van der Waals surface area contributed by atoms with Gasteiger partial charge in [0.15, 0.2) is 11.5 Å². The molecular weight excluding hydrogens is 352 g/mol. The lowest BCUT2D eigenvalue weighted by Crippen LogP contribution is -2.49. The van der Waals surface area contributed by atoms with Gasteiger partial charge in [0, 0.05) is 18.7 Å². The van der Waals surface area contributed by atoms with E-state index >= 15 is 0 Å². The molecule has 4 nitrogen and oxygen atoms in total. The Balaban J connectivity index is 1.70. The lowest BCUT2D eigenvalue weighted by molar-refractivity contribution is -0.132. The van der Waals surface area contributed by atoms with Crippen LogP contribution in [0.25, 0.3) is 6.08 Å². The minimum absolute atomic E-state index is 0.00333. The predicted molar refractivity (Wildman–Crippen MR) is 100.0 cm³/mol. The molecule has 0 aromatic heterocycles. The van der Waals surface area contributed by atoms with Crippen LogP contribution in [0.3, 0.4) is 0 Å². The van der Waals surface area contributed by atoms with Crippen LogP contribution >= 0.6 is 0 Å². The number of rotatable bonds is 6. The molecule has 1 aliphatic heterocycles. The highest BCUT2D eigenvalue weighted by molar-refractivity contribution is 5.92. The standard InChI is InChI=1S/C21H27F2NO3/c1-2-26-19-14-15(9-11-18(19)27-21(22)23)10-12-20(25)24-13-5-7-16-6-3-4-8-17(16)24/h9-12,14,16-17,21H,2-8,13H2,1H3/b12-10+. The van der Waals surface area contributed by atoms with Crippen molar-refractivity contribution in [2.24, 2.45) is 5.92 Å². The topological polar surface area (TPSA) is 38.8 Å². The maximum atomic E-state index is 12.7. The normalized spacial score (nSPS) is 22.7. The van der Waals surface area contributed by atoms with Crippen LogP contribution < -0.4 is 9.47 Å². The molecule has 1 amide bonds. The molecule has 1 aliphatic carbocycles. The van der Waals surface area contributed by atoms with E-state index < -0.39 is 6.61 Å². The van der Waals surface area contributed by atoms with E-state index in [0.29, 0.717) is 24.1 Å². The molecule has 2 atom stereocenters. The first kappa shape index (κ1) is 19.6. The van der Waals surface area contributed by atoms with Gasteiger partial charge in [-0.2, -0.15) is 8.78 Å². The van der Waals surface area contributed by atoms with Crippen LogP contribution in [0.2, 0.25) is 0 Å². The molecule has 1 saturated heterocycles. The number of fused-ring (bicyclic) bond motifs is 1. The van der Waals surface area contributed by atoms with Gasteiger partial charge in [-0.15, -0.1) is 0 Å². The van der Waals surface area contributed by atoms with E-state index in [2.05, 4.69) is 4.74 Å². The third-order valence-corrected chi connectivity index (χ3v) is 5.43. The summed E-state index contributed by atoms with van der Waals surface area (Å²) in [5.41, 5.74) is 0.714. The summed E-state index contributed by atoms with van der Waals surface area (Å²) >= 11 is 0. The van der Waals surface area contributed by atoms with E-state index in [4.69, 9.17) is 4.74 Å². The monoisotopic (exact) mass is 379 g/mol. The van der Waals surface area contributed by atoms with Gasteiger partial charge in [-0.3, -0.25) is 4.79 Å². The Morgan fingerprint density at radius 1 is 1.22 bits per heavy atom. The number of piperidine rings is 1. The molecule has 1 saturated carbocycles. The highest BCUT2D eigenvalue weighted by atomic mass is 19.3. The third kappa shape index (κ3) is 4.99. The summed E-state index contributed by atoms with van der Waals surface area (Å²) in [7, 11) is 0. The summed E-state index contributed by atoms with van der Waals surface area (Å²) in [6.07, 6.45) is 10.4. The van der Waals surface area contributed by atoms with Crippen LogP contribution in [-0.2, 0) is 4.79 Å². The van der Waals surface area contributed by atoms with Crippen molar-refractivity contribution in [2.75, 3.05) is 13.2 Å². The van der Waals surface area contributed by atoms with Gasteiger partial charge in [0.1, 0.15) is 0 Å². The number of amides is 1. The van der Waals surface area contributed by atoms with Gasteiger partial charge in [-0.05, 0) is 62.3 Å². The van der Waals surface area contributed by atoms with Crippen molar-refractivity contribution in [1.29, 1.82) is 0 Å². The number of benzene rings is 1. The zero-order chi connectivity index (χ0) is 19.2. The third-order valence-electron chi connectivity index (χ3n) is 5.43.